The van der Waals surface area contributed by atoms with E-state index >= 15 is 0 Å². The van der Waals surface area contributed by atoms with Crippen molar-refractivity contribution in [2.24, 2.45) is 5.73 Å². The second-order valence-electron chi connectivity index (χ2n) is 2.24. The Morgan fingerprint density at radius 1 is 1.56 bits per heavy atom. The fourth-order valence-electron chi connectivity index (χ4n) is 0.650. The van der Waals surface area contributed by atoms with Gasteiger partial charge in [-0.05, 0) is 30.7 Å². The van der Waals surface area contributed by atoms with Gasteiger partial charge in [0.1, 0.15) is 0 Å². The Hall–Kier alpha value is -0.980. The van der Waals surface area contributed by atoms with E-state index in [9.17, 15) is 0 Å². The molecule has 0 atom stereocenters. The third kappa shape index (κ3) is 2.17. The summed E-state index contributed by atoms with van der Waals surface area (Å²) in [6, 6.07) is 0. The summed E-state index contributed by atoms with van der Waals surface area (Å²) in [5.74, 6) is 0. The molecule has 1 heteroatoms. The highest BCUT2D eigenvalue weighted by molar-refractivity contribution is 5.34. The summed E-state index contributed by atoms with van der Waals surface area (Å²) in [5.41, 5.74) is 7.64. The molecule has 1 nitrogen and oxygen atoms in total. The van der Waals surface area contributed by atoms with E-state index in [0.29, 0.717) is 0 Å². The van der Waals surface area contributed by atoms with E-state index in [2.05, 4.69) is 12.7 Å². The van der Waals surface area contributed by atoms with Crippen LogP contribution in [-0.2, 0) is 0 Å². The molecule has 0 amide bonds. The molecule has 1 saturated carbocycles. The molecule has 0 aromatic heterocycles. The molecular weight excluding hydrogens is 110 g/mol. The number of nitrogens with two attached hydrogens (primary N) is 1. The Balaban J connectivity index is 2.43. The van der Waals surface area contributed by atoms with Crippen LogP contribution in [0.25, 0.3) is 0 Å². The summed E-state index contributed by atoms with van der Waals surface area (Å²) in [6.07, 6.45) is 7.91. The van der Waals surface area contributed by atoms with Gasteiger partial charge in [-0.1, -0.05) is 18.2 Å². The summed E-state index contributed by atoms with van der Waals surface area (Å²) >= 11 is 0. The first-order valence-corrected chi connectivity index (χ1v) is 3.09. The van der Waals surface area contributed by atoms with Gasteiger partial charge in [-0.25, -0.2) is 0 Å². The minimum Gasteiger partial charge on any atom is -0.405 e. The van der Waals surface area contributed by atoms with Crippen molar-refractivity contribution >= 4 is 0 Å². The Bertz CT molecular complexity index is 169. The molecule has 2 N–H and O–H groups in total. The highest BCUT2D eigenvalue weighted by Crippen LogP contribution is 2.28. The van der Waals surface area contributed by atoms with E-state index < -0.39 is 0 Å². The molecule has 9 heavy (non-hydrogen) atoms. The average molecular weight is 121 g/mol. The maximum Gasteiger partial charge on any atom is -0.00566 e. The molecule has 0 spiro atoms. The normalized spacial score (nSPS) is 16.2. The highest BCUT2D eigenvalue weighted by atomic mass is 14.5. The van der Waals surface area contributed by atoms with Crippen LogP contribution in [0.4, 0.5) is 0 Å². The van der Waals surface area contributed by atoms with Crippen molar-refractivity contribution in [1.82, 2.24) is 0 Å². The van der Waals surface area contributed by atoms with Crippen molar-refractivity contribution in [2.75, 3.05) is 0 Å². The SMILES string of the molecule is C=C(C=C1CC1)/C=C\N. The molecule has 0 heterocycles. The summed E-state index contributed by atoms with van der Waals surface area (Å²) in [6.45, 7) is 3.78. The zero-order valence-electron chi connectivity index (χ0n) is 5.43. The molecule has 48 valence electrons. The lowest BCUT2D eigenvalue weighted by Gasteiger charge is -1.83. The highest BCUT2D eigenvalue weighted by Gasteiger charge is 2.09. The van der Waals surface area contributed by atoms with Gasteiger partial charge in [0, 0.05) is 0 Å². The fourth-order valence-corrected chi connectivity index (χ4v) is 0.650. The van der Waals surface area contributed by atoms with E-state index in [0.717, 1.165) is 5.57 Å². The van der Waals surface area contributed by atoms with Gasteiger partial charge in [0.15, 0.2) is 0 Å². The van der Waals surface area contributed by atoms with E-state index in [1.54, 1.807) is 0 Å². The average Bonchev–Trinajstić information content (AvgIpc) is 2.50. The van der Waals surface area contributed by atoms with Crippen molar-refractivity contribution in [2.45, 2.75) is 12.8 Å². The Morgan fingerprint density at radius 2 is 2.22 bits per heavy atom. The largest absolute Gasteiger partial charge is 0.405 e. The molecule has 1 aliphatic rings. The summed E-state index contributed by atoms with van der Waals surface area (Å²) in [5, 5.41) is 0. The monoisotopic (exact) mass is 121 g/mol. The van der Waals surface area contributed by atoms with Gasteiger partial charge in [-0.2, -0.15) is 0 Å². The number of hydrogen-bond donors (Lipinski definition) is 1. The minimum absolute atomic E-state index is 1.00. The molecule has 1 fully saturated rings. The van der Waals surface area contributed by atoms with Crippen LogP contribution in [0.1, 0.15) is 12.8 Å². The second-order valence-corrected chi connectivity index (χ2v) is 2.24. The fraction of sp³-hybridized carbons (Fsp3) is 0.250. The van der Waals surface area contributed by atoms with E-state index in [1.807, 2.05) is 6.08 Å². The van der Waals surface area contributed by atoms with Gasteiger partial charge in [0.05, 0.1) is 0 Å². The molecule has 0 bridgehead atoms. The molecule has 0 aromatic rings. The molecule has 0 radical (unpaired) electrons. The minimum atomic E-state index is 1.00. The van der Waals surface area contributed by atoms with Crippen LogP contribution in [0, 0.1) is 0 Å². The van der Waals surface area contributed by atoms with E-state index in [1.165, 1.54) is 24.6 Å². The van der Waals surface area contributed by atoms with Crippen molar-refractivity contribution in [3.8, 4) is 0 Å². The second kappa shape index (κ2) is 2.53. The van der Waals surface area contributed by atoms with Crippen molar-refractivity contribution in [3.63, 3.8) is 0 Å². The molecule has 0 unspecified atom stereocenters. The van der Waals surface area contributed by atoms with Crippen LogP contribution in [0.2, 0.25) is 0 Å². The number of allylic oxidation sites excluding steroid dienone is 4. The van der Waals surface area contributed by atoms with Gasteiger partial charge < -0.3 is 5.73 Å². The summed E-state index contributed by atoms with van der Waals surface area (Å²) < 4.78 is 0. The first kappa shape index (κ1) is 6.14. The molecule has 0 saturated heterocycles. The topological polar surface area (TPSA) is 26.0 Å². The van der Waals surface area contributed by atoms with Crippen LogP contribution >= 0.6 is 0 Å². The van der Waals surface area contributed by atoms with E-state index in [-0.39, 0.29) is 0 Å². The van der Waals surface area contributed by atoms with Gasteiger partial charge in [-0.15, -0.1) is 0 Å². The Labute approximate surface area is 55.6 Å². The predicted octanol–water partition coefficient (Wildman–Crippen LogP) is 1.74. The van der Waals surface area contributed by atoms with Crippen molar-refractivity contribution in [1.29, 1.82) is 0 Å². The molecule has 1 aliphatic carbocycles. The third-order valence-corrected chi connectivity index (χ3v) is 1.24. The summed E-state index contributed by atoms with van der Waals surface area (Å²) in [7, 11) is 0. The maximum atomic E-state index is 5.15. The van der Waals surface area contributed by atoms with Gasteiger partial charge in [-0.3, -0.25) is 0 Å². The predicted molar refractivity (Wildman–Crippen MR) is 39.8 cm³/mol. The van der Waals surface area contributed by atoms with Crippen LogP contribution < -0.4 is 5.73 Å². The third-order valence-electron chi connectivity index (χ3n) is 1.24. The van der Waals surface area contributed by atoms with E-state index in [4.69, 9.17) is 5.73 Å². The first-order chi connectivity index (χ1) is 4.33. The number of hydrogen-bond acceptors (Lipinski definition) is 1. The van der Waals surface area contributed by atoms with Gasteiger partial charge in [0.2, 0.25) is 0 Å². The van der Waals surface area contributed by atoms with Crippen molar-refractivity contribution < 1.29 is 0 Å². The van der Waals surface area contributed by atoms with Crippen molar-refractivity contribution in [3.05, 3.63) is 36.1 Å². The maximum absolute atomic E-state index is 5.15. The number of rotatable bonds is 2. The van der Waals surface area contributed by atoms with Gasteiger partial charge >= 0.3 is 0 Å². The lowest BCUT2D eigenvalue weighted by atomic mass is 10.2. The molecule has 1 rings (SSSR count). The smallest absolute Gasteiger partial charge is 0.00566 e. The van der Waals surface area contributed by atoms with Gasteiger partial charge in [0.25, 0.3) is 0 Å². The Kier molecular flexibility index (Phi) is 1.73. The molecule has 0 aliphatic heterocycles. The van der Waals surface area contributed by atoms with Crippen LogP contribution in [0.5, 0.6) is 0 Å². The zero-order valence-corrected chi connectivity index (χ0v) is 5.43. The summed E-state index contributed by atoms with van der Waals surface area (Å²) in [4.78, 5) is 0. The zero-order chi connectivity index (χ0) is 6.69. The quantitative estimate of drug-likeness (QED) is 0.553. The lowest BCUT2D eigenvalue weighted by Crippen LogP contribution is -1.76. The van der Waals surface area contributed by atoms with Crippen LogP contribution in [-0.4, -0.2) is 0 Å². The first-order valence-electron chi connectivity index (χ1n) is 3.09. The molecule has 0 aromatic carbocycles. The van der Waals surface area contributed by atoms with Crippen LogP contribution in [0.3, 0.4) is 0 Å². The molecular formula is C8H11N. The standard InChI is InChI=1S/C8H11N/c1-7(4-5-9)6-8-2-3-8/h4-6H,1-3,9H2/b5-4-. The lowest BCUT2D eigenvalue weighted by molar-refractivity contribution is 1.50. The van der Waals surface area contributed by atoms with Crippen LogP contribution in [0.15, 0.2) is 36.1 Å². The Morgan fingerprint density at radius 3 is 2.67 bits per heavy atom.